The van der Waals surface area contributed by atoms with Crippen LogP contribution in [0.1, 0.15) is 17.3 Å². The average Bonchev–Trinajstić information content (AvgIpc) is 3.34. The van der Waals surface area contributed by atoms with E-state index in [1.165, 1.54) is 0 Å². The van der Waals surface area contributed by atoms with Gasteiger partial charge in [0, 0.05) is 49.6 Å². The Morgan fingerprint density at radius 2 is 1.81 bits per heavy atom. The fourth-order valence-corrected chi connectivity index (χ4v) is 4.08. The van der Waals surface area contributed by atoms with Gasteiger partial charge in [-0.2, -0.15) is 0 Å². The Morgan fingerprint density at radius 3 is 2.53 bits per heavy atom. The molecule has 0 radical (unpaired) electrons. The highest BCUT2D eigenvalue weighted by molar-refractivity contribution is 5.94. The maximum Gasteiger partial charge on any atom is 0.253 e. The van der Waals surface area contributed by atoms with E-state index in [-0.39, 0.29) is 18.6 Å². The maximum absolute atomic E-state index is 12.8. The number of carbonyl (C=O) groups is 1. The van der Waals surface area contributed by atoms with E-state index in [9.17, 15) is 9.90 Å². The lowest BCUT2D eigenvalue weighted by atomic mass is 10.1. The van der Waals surface area contributed by atoms with Crippen LogP contribution in [0, 0.1) is 0 Å². The van der Waals surface area contributed by atoms with Gasteiger partial charge in [-0.05, 0) is 62.5 Å². The summed E-state index contributed by atoms with van der Waals surface area (Å²) in [6.45, 7) is 4.89. The molecule has 0 bridgehead atoms. The minimum Gasteiger partial charge on any atom is -0.488 e. The summed E-state index contributed by atoms with van der Waals surface area (Å²) in [4.78, 5) is 29.1. The molecule has 186 valence electrons. The molecule has 4 aromatic rings. The predicted octanol–water partition coefficient (Wildman–Crippen LogP) is 3.56. The van der Waals surface area contributed by atoms with E-state index < -0.39 is 0 Å². The number of aromatic nitrogens is 3. The van der Waals surface area contributed by atoms with E-state index in [1.54, 1.807) is 43.5 Å². The first kappa shape index (κ1) is 23.8. The topological polar surface area (TPSA) is 104 Å². The number of amides is 1. The molecule has 0 saturated carbocycles. The van der Waals surface area contributed by atoms with Gasteiger partial charge in [0.05, 0.1) is 12.1 Å². The Hall–Kier alpha value is -3.95. The molecule has 9 nitrogen and oxygen atoms in total. The number of hydrogen-bond donors (Lipinski definition) is 2. The highest BCUT2D eigenvalue weighted by Gasteiger charge is 2.20. The Labute approximate surface area is 209 Å². The lowest BCUT2D eigenvalue weighted by molar-refractivity contribution is 0.0664. The highest BCUT2D eigenvalue weighted by atomic mass is 16.5. The van der Waals surface area contributed by atoms with Crippen molar-refractivity contribution in [2.45, 2.75) is 13.0 Å². The van der Waals surface area contributed by atoms with E-state index in [4.69, 9.17) is 9.47 Å². The van der Waals surface area contributed by atoms with E-state index in [2.05, 4.69) is 26.9 Å². The molecule has 1 aliphatic rings. The summed E-state index contributed by atoms with van der Waals surface area (Å²) < 4.78 is 12.0. The molecule has 36 heavy (non-hydrogen) atoms. The summed E-state index contributed by atoms with van der Waals surface area (Å²) >= 11 is 0. The van der Waals surface area contributed by atoms with Crippen molar-refractivity contribution in [3.8, 4) is 28.6 Å². The van der Waals surface area contributed by atoms with Gasteiger partial charge in [-0.15, -0.1) is 0 Å². The maximum atomic E-state index is 12.8. The van der Waals surface area contributed by atoms with Gasteiger partial charge in [0.15, 0.2) is 5.65 Å². The summed E-state index contributed by atoms with van der Waals surface area (Å²) in [6, 6.07) is 16.4. The molecule has 9 heteroatoms. The zero-order chi connectivity index (χ0) is 25.1. The zero-order valence-corrected chi connectivity index (χ0v) is 20.3. The first-order valence-electron chi connectivity index (χ1n) is 12.0. The average molecular weight is 488 g/mol. The van der Waals surface area contributed by atoms with Gasteiger partial charge in [0.2, 0.25) is 0 Å². The van der Waals surface area contributed by atoms with E-state index in [0.29, 0.717) is 34.3 Å². The van der Waals surface area contributed by atoms with E-state index in [0.717, 1.165) is 37.3 Å². The van der Waals surface area contributed by atoms with Crippen LogP contribution in [0.3, 0.4) is 0 Å². The number of H-pyrrole nitrogens is 1. The molecule has 3 heterocycles. The van der Waals surface area contributed by atoms with E-state index in [1.807, 2.05) is 29.2 Å². The standard InChI is InChI=1S/C27H29N5O4/c1-18(17-33)35-22-14-20(25-29-24-4-3-9-28-26(24)30-25)15-23(16-22)36-21-7-5-19(6-8-21)27(34)32-12-10-31(2)11-13-32/h3-9,14-16,18,33H,10-13,17H2,1-2H3,(H,28,29,30)/t18-/m0/s1. The van der Waals surface area contributed by atoms with Crippen LogP contribution >= 0.6 is 0 Å². The number of pyridine rings is 1. The summed E-state index contributed by atoms with van der Waals surface area (Å²) in [7, 11) is 2.06. The number of rotatable bonds is 7. The number of benzene rings is 2. The zero-order valence-electron chi connectivity index (χ0n) is 20.3. The van der Waals surface area contributed by atoms with Crippen LogP contribution in [-0.4, -0.2) is 81.7 Å². The van der Waals surface area contributed by atoms with Crippen LogP contribution in [0.5, 0.6) is 17.2 Å². The normalized spacial score (nSPS) is 15.1. The molecule has 2 aromatic heterocycles. The van der Waals surface area contributed by atoms with Gasteiger partial charge in [-0.1, -0.05) is 0 Å². The molecule has 5 rings (SSSR count). The molecule has 2 N–H and O–H groups in total. The number of nitrogens with one attached hydrogen (secondary N) is 1. The van der Waals surface area contributed by atoms with Crippen molar-refractivity contribution >= 4 is 17.1 Å². The number of aliphatic hydroxyl groups excluding tert-OH is 1. The summed E-state index contributed by atoms with van der Waals surface area (Å²) in [5.41, 5.74) is 2.83. The van der Waals surface area contributed by atoms with Gasteiger partial charge < -0.3 is 29.4 Å². The van der Waals surface area contributed by atoms with Crippen molar-refractivity contribution < 1.29 is 19.4 Å². The number of likely N-dealkylation sites (N-methyl/N-ethyl adjacent to an activating group) is 1. The van der Waals surface area contributed by atoms with Crippen LogP contribution in [0.25, 0.3) is 22.6 Å². The molecule has 1 fully saturated rings. The Bertz CT molecular complexity index is 1310. The van der Waals surface area contributed by atoms with Gasteiger partial charge in [-0.25, -0.2) is 9.97 Å². The number of aliphatic hydroxyl groups is 1. The van der Waals surface area contributed by atoms with Gasteiger partial charge in [0.1, 0.15) is 29.2 Å². The van der Waals surface area contributed by atoms with Crippen molar-refractivity contribution in [3.05, 3.63) is 66.4 Å². The summed E-state index contributed by atoms with van der Waals surface area (Å²) in [5.74, 6) is 2.33. The molecule has 0 spiro atoms. The third-order valence-electron chi connectivity index (χ3n) is 6.13. The molecule has 0 aliphatic carbocycles. The van der Waals surface area contributed by atoms with Gasteiger partial charge >= 0.3 is 0 Å². The van der Waals surface area contributed by atoms with Crippen LogP contribution in [0.4, 0.5) is 0 Å². The second-order valence-electron chi connectivity index (χ2n) is 8.99. The monoisotopic (exact) mass is 487 g/mol. The fraction of sp³-hybridized carbons (Fsp3) is 0.296. The van der Waals surface area contributed by atoms with Crippen molar-refractivity contribution in [1.82, 2.24) is 24.8 Å². The molecule has 2 aromatic carbocycles. The second kappa shape index (κ2) is 10.3. The Kier molecular flexibility index (Phi) is 6.84. The Balaban J connectivity index is 1.38. The number of aromatic amines is 1. The first-order valence-corrected chi connectivity index (χ1v) is 12.0. The van der Waals surface area contributed by atoms with Crippen LogP contribution in [0.2, 0.25) is 0 Å². The lowest BCUT2D eigenvalue weighted by Gasteiger charge is -2.32. The first-order chi connectivity index (χ1) is 17.5. The third kappa shape index (κ3) is 5.32. The van der Waals surface area contributed by atoms with E-state index >= 15 is 0 Å². The smallest absolute Gasteiger partial charge is 0.253 e. The number of imidazole rings is 1. The summed E-state index contributed by atoms with van der Waals surface area (Å²) in [5, 5.41) is 9.44. The van der Waals surface area contributed by atoms with Crippen LogP contribution in [-0.2, 0) is 0 Å². The van der Waals surface area contributed by atoms with Crippen LogP contribution < -0.4 is 9.47 Å². The quantitative estimate of drug-likeness (QED) is 0.411. The molecule has 1 atom stereocenters. The Morgan fingerprint density at radius 1 is 1.06 bits per heavy atom. The molecular formula is C27H29N5O4. The van der Waals surface area contributed by atoms with Crippen molar-refractivity contribution in [3.63, 3.8) is 0 Å². The van der Waals surface area contributed by atoms with Crippen LogP contribution in [0.15, 0.2) is 60.8 Å². The van der Waals surface area contributed by atoms with Gasteiger partial charge in [-0.3, -0.25) is 4.79 Å². The number of carbonyl (C=O) groups excluding carboxylic acids is 1. The molecule has 1 saturated heterocycles. The lowest BCUT2D eigenvalue weighted by Crippen LogP contribution is -2.47. The number of ether oxygens (including phenoxy) is 2. The predicted molar refractivity (Wildman–Crippen MR) is 136 cm³/mol. The van der Waals surface area contributed by atoms with Crippen molar-refractivity contribution in [2.24, 2.45) is 0 Å². The highest BCUT2D eigenvalue weighted by Crippen LogP contribution is 2.32. The summed E-state index contributed by atoms with van der Waals surface area (Å²) in [6.07, 6.45) is 1.31. The molecular weight excluding hydrogens is 458 g/mol. The fourth-order valence-electron chi connectivity index (χ4n) is 4.08. The molecule has 0 unspecified atom stereocenters. The largest absolute Gasteiger partial charge is 0.488 e. The third-order valence-corrected chi connectivity index (χ3v) is 6.13. The van der Waals surface area contributed by atoms with Crippen molar-refractivity contribution in [2.75, 3.05) is 39.8 Å². The SMILES string of the molecule is C[C@@H](CO)Oc1cc(Oc2ccc(C(=O)N3CCN(C)CC3)cc2)cc(-c2nc3ncccc3[nH]2)c1. The number of fused-ring (bicyclic) bond motifs is 1. The second-order valence-corrected chi connectivity index (χ2v) is 8.99. The minimum absolute atomic E-state index is 0.0313. The number of hydrogen-bond acceptors (Lipinski definition) is 7. The van der Waals surface area contributed by atoms with Crippen molar-refractivity contribution in [1.29, 1.82) is 0 Å². The number of piperazine rings is 1. The molecule has 1 amide bonds. The molecule has 1 aliphatic heterocycles. The number of nitrogens with zero attached hydrogens (tertiary/aromatic N) is 4. The minimum atomic E-state index is -0.384. The van der Waals surface area contributed by atoms with Gasteiger partial charge in [0.25, 0.3) is 5.91 Å².